The van der Waals surface area contributed by atoms with Gasteiger partial charge in [0.25, 0.3) is 0 Å². The summed E-state index contributed by atoms with van der Waals surface area (Å²) < 4.78 is 0.924. The van der Waals surface area contributed by atoms with Gasteiger partial charge in [0.1, 0.15) is 0 Å². The van der Waals surface area contributed by atoms with Crippen LogP contribution in [0.5, 0.6) is 0 Å². The summed E-state index contributed by atoms with van der Waals surface area (Å²) in [7, 11) is 1.85. The molecule has 0 saturated heterocycles. The Morgan fingerprint density at radius 3 is 2.44 bits per heavy atom. The van der Waals surface area contributed by atoms with Gasteiger partial charge in [0.05, 0.1) is 10.9 Å². The fourth-order valence-corrected chi connectivity index (χ4v) is 4.59. The van der Waals surface area contributed by atoms with Gasteiger partial charge in [-0.2, -0.15) is 0 Å². The molecule has 3 rings (SSSR count). The van der Waals surface area contributed by atoms with Crippen molar-refractivity contribution in [1.29, 1.82) is 0 Å². The van der Waals surface area contributed by atoms with E-state index in [0.717, 1.165) is 21.2 Å². The van der Waals surface area contributed by atoms with Crippen LogP contribution in [0.2, 0.25) is 0 Å². The van der Waals surface area contributed by atoms with Crippen LogP contribution in [-0.4, -0.2) is 28.1 Å². The molecular weight excluding hydrogens is 348 g/mol. The van der Waals surface area contributed by atoms with Gasteiger partial charge >= 0.3 is 0 Å². The van der Waals surface area contributed by atoms with Crippen molar-refractivity contribution in [3.8, 4) is 11.3 Å². The standard InChI is InChI=1S/C20H20N2OS2/c1-15(19(23)22(2)13-16-9-5-3-6-10-16)25-20-21-18(14-24-20)17-11-7-4-8-12-17/h3-12,14-15H,13H2,1-2H3/t15-/m1/s1. The van der Waals surface area contributed by atoms with Crippen LogP contribution in [-0.2, 0) is 11.3 Å². The fraction of sp³-hybridized carbons (Fsp3) is 0.200. The minimum atomic E-state index is -0.163. The predicted octanol–water partition coefficient (Wildman–Crippen LogP) is 4.95. The van der Waals surface area contributed by atoms with Crippen LogP contribution >= 0.6 is 23.1 Å². The SMILES string of the molecule is C[C@@H](Sc1nc(-c2ccccc2)cs1)C(=O)N(C)Cc1ccccc1. The monoisotopic (exact) mass is 368 g/mol. The first-order chi connectivity index (χ1) is 12.1. The molecule has 1 heterocycles. The number of thioether (sulfide) groups is 1. The van der Waals surface area contributed by atoms with Crippen molar-refractivity contribution >= 4 is 29.0 Å². The number of thiazole rings is 1. The molecular formula is C20H20N2OS2. The molecule has 0 radical (unpaired) electrons. The number of carbonyl (C=O) groups is 1. The first-order valence-electron chi connectivity index (χ1n) is 8.10. The van der Waals surface area contributed by atoms with E-state index in [1.807, 2.05) is 80.0 Å². The van der Waals surface area contributed by atoms with Crippen molar-refractivity contribution in [2.24, 2.45) is 0 Å². The van der Waals surface area contributed by atoms with Gasteiger partial charge in [0.2, 0.25) is 5.91 Å². The summed E-state index contributed by atoms with van der Waals surface area (Å²) >= 11 is 3.11. The van der Waals surface area contributed by atoms with Crippen LogP contribution < -0.4 is 0 Å². The maximum absolute atomic E-state index is 12.6. The summed E-state index contributed by atoms with van der Waals surface area (Å²) in [6.07, 6.45) is 0. The molecule has 0 saturated carbocycles. The normalized spacial score (nSPS) is 11.9. The quantitative estimate of drug-likeness (QED) is 0.577. The molecule has 0 aliphatic carbocycles. The molecule has 0 bridgehead atoms. The molecule has 0 unspecified atom stereocenters. The molecule has 2 aromatic carbocycles. The third kappa shape index (κ3) is 4.71. The fourth-order valence-electron chi connectivity index (χ4n) is 2.50. The zero-order valence-electron chi connectivity index (χ0n) is 14.3. The first-order valence-corrected chi connectivity index (χ1v) is 9.86. The third-order valence-corrected chi connectivity index (χ3v) is 5.88. The van der Waals surface area contributed by atoms with Crippen LogP contribution in [0.25, 0.3) is 11.3 Å². The molecule has 25 heavy (non-hydrogen) atoms. The topological polar surface area (TPSA) is 33.2 Å². The van der Waals surface area contributed by atoms with Gasteiger partial charge in [-0.05, 0) is 12.5 Å². The Morgan fingerprint density at radius 2 is 1.76 bits per heavy atom. The summed E-state index contributed by atoms with van der Waals surface area (Å²) in [5.74, 6) is 0.116. The van der Waals surface area contributed by atoms with E-state index in [4.69, 9.17) is 0 Å². The molecule has 0 spiro atoms. The van der Waals surface area contributed by atoms with Crippen molar-refractivity contribution in [1.82, 2.24) is 9.88 Å². The molecule has 0 aliphatic rings. The number of carbonyl (C=O) groups excluding carboxylic acids is 1. The molecule has 1 atom stereocenters. The van der Waals surface area contributed by atoms with Crippen molar-refractivity contribution in [2.75, 3.05) is 7.05 Å². The van der Waals surface area contributed by atoms with Crippen molar-refractivity contribution in [3.63, 3.8) is 0 Å². The highest BCUT2D eigenvalue weighted by Gasteiger charge is 2.20. The minimum Gasteiger partial charge on any atom is -0.340 e. The second-order valence-corrected chi connectivity index (χ2v) is 8.25. The first kappa shape index (κ1) is 17.7. The molecule has 3 nitrogen and oxygen atoms in total. The highest BCUT2D eigenvalue weighted by molar-refractivity contribution is 8.02. The smallest absolute Gasteiger partial charge is 0.235 e. The van der Waals surface area contributed by atoms with E-state index in [-0.39, 0.29) is 11.2 Å². The summed E-state index contributed by atoms with van der Waals surface area (Å²) in [5.41, 5.74) is 3.20. The lowest BCUT2D eigenvalue weighted by Gasteiger charge is -2.20. The van der Waals surface area contributed by atoms with E-state index in [1.165, 1.54) is 11.8 Å². The van der Waals surface area contributed by atoms with E-state index in [0.29, 0.717) is 6.54 Å². The van der Waals surface area contributed by atoms with Crippen LogP contribution in [0, 0.1) is 0 Å². The van der Waals surface area contributed by atoms with E-state index < -0.39 is 0 Å². The van der Waals surface area contributed by atoms with Gasteiger partial charge in [0.15, 0.2) is 4.34 Å². The molecule has 0 aliphatic heterocycles. The maximum Gasteiger partial charge on any atom is 0.235 e. The largest absolute Gasteiger partial charge is 0.340 e. The molecule has 1 aromatic heterocycles. The summed E-state index contributed by atoms with van der Waals surface area (Å²) in [6.45, 7) is 2.57. The number of nitrogens with zero attached hydrogens (tertiary/aromatic N) is 2. The predicted molar refractivity (Wildman–Crippen MR) is 106 cm³/mol. The van der Waals surface area contributed by atoms with Crippen molar-refractivity contribution < 1.29 is 4.79 Å². The zero-order valence-corrected chi connectivity index (χ0v) is 15.9. The van der Waals surface area contributed by atoms with Gasteiger partial charge in [-0.1, -0.05) is 72.4 Å². The second-order valence-electron chi connectivity index (χ2n) is 5.80. The highest BCUT2D eigenvalue weighted by atomic mass is 32.2. The lowest BCUT2D eigenvalue weighted by atomic mass is 10.2. The summed E-state index contributed by atoms with van der Waals surface area (Å²) in [6, 6.07) is 20.1. The van der Waals surface area contributed by atoms with Gasteiger partial charge < -0.3 is 4.90 Å². The highest BCUT2D eigenvalue weighted by Crippen LogP contribution is 2.31. The Hall–Kier alpha value is -2.11. The Kier molecular flexibility index (Phi) is 5.89. The summed E-state index contributed by atoms with van der Waals surface area (Å²) in [4.78, 5) is 19.0. The van der Waals surface area contributed by atoms with Gasteiger partial charge in [0, 0.05) is 24.5 Å². The molecule has 5 heteroatoms. The van der Waals surface area contributed by atoms with Crippen molar-refractivity contribution in [3.05, 3.63) is 71.6 Å². The molecule has 0 N–H and O–H groups in total. The number of hydrogen-bond donors (Lipinski definition) is 0. The molecule has 3 aromatic rings. The summed E-state index contributed by atoms with van der Waals surface area (Å²) in [5, 5.41) is 1.88. The van der Waals surface area contributed by atoms with Gasteiger partial charge in [-0.25, -0.2) is 4.98 Å². The number of rotatable bonds is 6. The second kappa shape index (κ2) is 8.32. The Morgan fingerprint density at radius 1 is 1.12 bits per heavy atom. The maximum atomic E-state index is 12.6. The molecule has 1 amide bonds. The van der Waals surface area contributed by atoms with Gasteiger partial charge in [-0.3, -0.25) is 4.79 Å². The minimum absolute atomic E-state index is 0.116. The van der Waals surface area contributed by atoms with Crippen LogP contribution in [0.15, 0.2) is 70.4 Å². The molecule has 0 fully saturated rings. The Labute approximate surface area is 156 Å². The van der Waals surface area contributed by atoms with E-state index >= 15 is 0 Å². The van der Waals surface area contributed by atoms with E-state index in [2.05, 4.69) is 4.98 Å². The number of aromatic nitrogens is 1. The molecule has 128 valence electrons. The lowest BCUT2D eigenvalue weighted by Crippen LogP contribution is -2.32. The average molecular weight is 369 g/mol. The zero-order chi connectivity index (χ0) is 17.6. The van der Waals surface area contributed by atoms with Crippen LogP contribution in [0.4, 0.5) is 0 Å². The number of benzene rings is 2. The Bertz CT molecular complexity index is 818. The van der Waals surface area contributed by atoms with Crippen LogP contribution in [0.3, 0.4) is 0 Å². The number of hydrogen-bond acceptors (Lipinski definition) is 4. The Balaban J connectivity index is 1.61. The third-order valence-electron chi connectivity index (χ3n) is 3.82. The van der Waals surface area contributed by atoms with Crippen molar-refractivity contribution in [2.45, 2.75) is 23.1 Å². The van der Waals surface area contributed by atoms with Crippen LogP contribution in [0.1, 0.15) is 12.5 Å². The number of amides is 1. The lowest BCUT2D eigenvalue weighted by molar-refractivity contribution is -0.129. The average Bonchev–Trinajstić information content (AvgIpc) is 3.11. The van der Waals surface area contributed by atoms with E-state index in [9.17, 15) is 4.79 Å². The van der Waals surface area contributed by atoms with E-state index in [1.54, 1.807) is 16.2 Å². The van der Waals surface area contributed by atoms with Gasteiger partial charge in [-0.15, -0.1) is 11.3 Å².